The number of hydrogen-bond acceptors (Lipinski definition) is 2. The molecular weight excluding hydrogens is 723 g/mol. The van der Waals surface area contributed by atoms with Crippen molar-refractivity contribution in [1.82, 2.24) is 0 Å². The molecule has 0 fully saturated rings. The fourth-order valence-corrected chi connectivity index (χ4v) is 10.2. The quantitative estimate of drug-likeness (QED) is 0.156. The molecule has 9 aromatic rings. The van der Waals surface area contributed by atoms with Crippen molar-refractivity contribution in [2.24, 2.45) is 0 Å². The molecule has 2 nitrogen and oxygen atoms in total. The summed E-state index contributed by atoms with van der Waals surface area (Å²) in [6, 6.07) is 78.8. The van der Waals surface area contributed by atoms with Gasteiger partial charge in [0.25, 0.3) is 6.71 Å². The fraction of sp³-hybridized carbons (Fsp3) is 0.0526. The van der Waals surface area contributed by atoms with Gasteiger partial charge < -0.3 is 9.80 Å². The molecule has 0 saturated heterocycles. The molecule has 60 heavy (non-hydrogen) atoms. The molecule has 0 unspecified atom stereocenters. The molecule has 0 amide bonds. The van der Waals surface area contributed by atoms with Crippen LogP contribution in [0.2, 0.25) is 0 Å². The smallest absolute Gasteiger partial charge is 0.252 e. The highest BCUT2D eigenvalue weighted by molar-refractivity contribution is 7.00. The van der Waals surface area contributed by atoms with Gasteiger partial charge in [-0.05, 0) is 152 Å². The van der Waals surface area contributed by atoms with Crippen molar-refractivity contribution in [2.45, 2.75) is 19.3 Å². The van der Waals surface area contributed by atoms with E-state index in [9.17, 15) is 0 Å². The van der Waals surface area contributed by atoms with E-state index in [-0.39, 0.29) is 6.71 Å². The van der Waals surface area contributed by atoms with E-state index in [1.165, 1.54) is 107 Å². The number of benzene rings is 9. The van der Waals surface area contributed by atoms with Gasteiger partial charge in [0.1, 0.15) is 0 Å². The molecule has 282 valence electrons. The highest BCUT2D eigenvalue weighted by Gasteiger charge is 2.43. The van der Waals surface area contributed by atoms with Gasteiger partial charge in [-0.3, -0.25) is 0 Å². The molecule has 2 heterocycles. The third kappa shape index (κ3) is 5.73. The molecule has 2 aliphatic heterocycles. The minimum atomic E-state index is 0.0811. The second-order valence-corrected chi connectivity index (χ2v) is 16.4. The highest BCUT2D eigenvalue weighted by atomic mass is 15.2. The molecule has 0 N–H and O–H groups in total. The average molecular weight is 765 g/mol. The van der Waals surface area contributed by atoms with Gasteiger partial charge in [0, 0.05) is 34.1 Å². The van der Waals surface area contributed by atoms with Crippen molar-refractivity contribution in [3.05, 3.63) is 223 Å². The number of para-hydroxylation sites is 1. The van der Waals surface area contributed by atoms with E-state index in [4.69, 9.17) is 0 Å². The second kappa shape index (κ2) is 14.2. The van der Waals surface area contributed by atoms with E-state index in [1.54, 1.807) is 0 Å². The Morgan fingerprint density at radius 1 is 0.300 bits per heavy atom. The van der Waals surface area contributed by atoms with Gasteiger partial charge in [0.15, 0.2) is 0 Å². The zero-order chi connectivity index (χ0) is 39.6. The second-order valence-electron chi connectivity index (χ2n) is 16.4. The van der Waals surface area contributed by atoms with Gasteiger partial charge in [-0.25, -0.2) is 0 Å². The lowest BCUT2D eigenvalue weighted by molar-refractivity contribution is 0.912. The van der Waals surface area contributed by atoms with Crippen molar-refractivity contribution in [3.63, 3.8) is 0 Å². The first-order valence-electron chi connectivity index (χ1n) is 21.2. The summed E-state index contributed by atoms with van der Waals surface area (Å²) in [7, 11) is 0. The zero-order valence-electron chi connectivity index (χ0n) is 33.3. The maximum Gasteiger partial charge on any atom is 0.252 e. The van der Waals surface area contributed by atoms with Gasteiger partial charge in [-0.2, -0.15) is 0 Å². The van der Waals surface area contributed by atoms with E-state index >= 15 is 0 Å². The van der Waals surface area contributed by atoms with Crippen LogP contribution in [-0.2, 0) is 12.8 Å². The number of hydrogen-bond donors (Lipinski definition) is 0. The number of anilines is 6. The predicted octanol–water partition coefficient (Wildman–Crippen LogP) is 12.9. The van der Waals surface area contributed by atoms with Crippen LogP contribution in [0.5, 0.6) is 0 Å². The van der Waals surface area contributed by atoms with E-state index in [0.29, 0.717) is 0 Å². The Morgan fingerprint density at radius 3 is 1.18 bits per heavy atom. The van der Waals surface area contributed by atoms with Crippen LogP contribution in [-0.4, -0.2) is 6.71 Å². The number of aryl methyl sites for hydroxylation is 2. The summed E-state index contributed by atoms with van der Waals surface area (Å²) in [6.07, 6.45) is 3.46. The van der Waals surface area contributed by atoms with Gasteiger partial charge in [0.05, 0.1) is 0 Å². The molecular formula is C57H41BN2. The van der Waals surface area contributed by atoms with Gasteiger partial charge in [0.2, 0.25) is 0 Å². The van der Waals surface area contributed by atoms with Crippen LogP contribution < -0.4 is 26.2 Å². The predicted molar refractivity (Wildman–Crippen MR) is 254 cm³/mol. The average Bonchev–Trinajstić information content (AvgIpc) is 3.79. The maximum absolute atomic E-state index is 2.59. The molecule has 0 aromatic heterocycles. The Morgan fingerprint density at radius 2 is 0.700 bits per heavy atom. The number of rotatable bonds is 6. The maximum atomic E-state index is 2.59. The molecule has 1 aliphatic carbocycles. The summed E-state index contributed by atoms with van der Waals surface area (Å²) in [6.45, 7) is 0.0811. The van der Waals surface area contributed by atoms with E-state index in [0.717, 1.165) is 18.5 Å². The molecule has 0 bridgehead atoms. The molecule has 12 rings (SSSR count). The number of nitrogens with zero attached hydrogens (tertiary/aromatic N) is 2. The van der Waals surface area contributed by atoms with Crippen LogP contribution in [0.25, 0.3) is 44.5 Å². The lowest BCUT2D eigenvalue weighted by Crippen LogP contribution is -2.61. The van der Waals surface area contributed by atoms with Crippen molar-refractivity contribution in [2.75, 3.05) is 9.80 Å². The van der Waals surface area contributed by atoms with Gasteiger partial charge in [-0.15, -0.1) is 0 Å². The van der Waals surface area contributed by atoms with Crippen molar-refractivity contribution >= 4 is 57.2 Å². The van der Waals surface area contributed by atoms with Crippen molar-refractivity contribution < 1.29 is 0 Å². The minimum Gasteiger partial charge on any atom is -0.311 e. The third-order valence-corrected chi connectivity index (χ3v) is 12.9. The van der Waals surface area contributed by atoms with E-state index in [1.807, 2.05) is 0 Å². The SMILES string of the molecule is c1ccc(-c2cc(-c3ccccc3)cc(N3c4ccccc4B4c5cc6c(cc5N(c5cc(-c7ccccc7)cc(-c7ccccc7)c5)c5cccc3c54)CCC6)c2)cc1. The van der Waals surface area contributed by atoms with Gasteiger partial charge >= 0.3 is 0 Å². The Bertz CT molecular complexity index is 2950. The molecule has 0 spiro atoms. The first kappa shape index (κ1) is 34.7. The molecule has 3 heteroatoms. The Kier molecular flexibility index (Phi) is 8.19. The van der Waals surface area contributed by atoms with E-state index in [2.05, 4.69) is 222 Å². The summed E-state index contributed by atoms with van der Waals surface area (Å²) < 4.78 is 0. The van der Waals surface area contributed by atoms with Crippen LogP contribution in [0.15, 0.2) is 212 Å². The normalized spacial score (nSPS) is 13.4. The first-order chi connectivity index (χ1) is 29.7. The molecule has 0 atom stereocenters. The Balaban J connectivity index is 1.13. The summed E-state index contributed by atoms with van der Waals surface area (Å²) >= 11 is 0. The lowest BCUT2D eigenvalue weighted by atomic mass is 9.33. The lowest BCUT2D eigenvalue weighted by Gasteiger charge is -2.44. The Labute approximate surface area is 352 Å². The summed E-state index contributed by atoms with van der Waals surface area (Å²) in [5.41, 5.74) is 24.0. The molecule has 0 saturated carbocycles. The molecule has 0 radical (unpaired) electrons. The largest absolute Gasteiger partial charge is 0.311 e. The summed E-state index contributed by atoms with van der Waals surface area (Å²) in [4.78, 5) is 5.12. The summed E-state index contributed by atoms with van der Waals surface area (Å²) in [5, 5.41) is 0. The minimum absolute atomic E-state index is 0.0811. The Hall–Kier alpha value is -7.36. The van der Waals surface area contributed by atoms with E-state index < -0.39 is 0 Å². The van der Waals surface area contributed by atoms with Gasteiger partial charge in [-0.1, -0.05) is 152 Å². The standard InChI is InChI=1S/C57H41BN2/c1-5-17-39(18-6-1)45-31-46(40-19-7-2-8-20-40)34-49(33-45)59-53-28-14-13-27-51(53)58-52-37-43-25-15-26-44(43)38-56(52)60(55-30-16-29-54(59)57(55)58)50-35-47(41-21-9-3-10-22-41)32-48(36-50)42-23-11-4-12-24-42/h1-14,16-24,27-38H,15,25-26H2. The topological polar surface area (TPSA) is 6.48 Å². The molecule has 9 aromatic carbocycles. The van der Waals surface area contributed by atoms with Crippen LogP contribution in [0, 0.1) is 0 Å². The zero-order valence-corrected chi connectivity index (χ0v) is 33.3. The third-order valence-electron chi connectivity index (χ3n) is 12.9. The summed E-state index contributed by atoms with van der Waals surface area (Å²) in [5.74, 6) is 0. The van der Waals surface area contributed by atoms with Crippen molar-refractivity contribution in [3.8, 4) is 44.5 Å². The monoisotopic (exact) mass is 764 g/mol. The first-order valence-corrected chi connectivity index (χ1v) is 21.2. The molecule has 3 aliphatic rings. The van der Waals surface area contributed by atoms with Crippen LogP contribution in [0.4, 0.5) is 34.1 Å². The van der Waals surface area contributed by atoms with Crippen molar-refractivity contribution in [1.29, 1.82) is 0 Å². The van der Waals surface area contributed by atoms with Crippen LogP contribution in [0.1, 0.15) is 17.5 Å². The fourth-order valence-electron chi connectivity index (χ4n) is 10.2. The van der Waals surface area contributed by atoms with Crippen LogP contribution in [0.3, 0.4) is 0 Å². The number of fused-ring (bicyclic) bond motifs is 5. The van der Waals surface area contributed by atoms with Crippen LogP contribution >= 0.6 is 0 Å². The highest BCUT2D eigenvalue weighted by Crippen LogP contribution is 2.47.